The molecule has 126 valence electrons. The Morgan fingerprint density at radius 3 is 2.38 bits per heavy atom. The first-order valence-electron chi connectivity index (χ1n) is 8.56. The maximum atomic E-state index is 13.3. The molecule has 1 unspecified atom stereocenters. The Bertz CT molecular complexity index is 732. The van der Waals surface area contributed by atoms with Gasteiger partial charge in [-0.25, -0.2) is 0 Å². The van der Waals surface area contributed by atoms with Crippen LogP contribution in [0.2, 0.25) is 0 Å². The van der Waals surface area contributed by atoms with Crippen molar-refractivity contribution in [2.75, 3.05) is 12.0 Å². The Morgan fingerprint density at radius 1 is 1.12 bits per heavy atom. The molecule has 3 rings (SSSR count). The predicted molar refractivity (Wildman–Crippen MR) is 97.9 cm³/mol. The first-order valence-corrected chi connectivity index (χ1v) is 8.56. The van der Waals surface area contributed by atoms with Gasteiger partial charge in [0.2, 0.25) is 0 Å². The van der Waals surface area contributed by atoms with E-state index >= 15 is 0 Å². The summed E-state index contributed by atoms with van der Waals surface area (Å²) in [4.78, 5) is 15.3. The van der Waals surface area contributed by atoms with Crippen molar-refractivity contribution in [3.05, 3.63) is 59.2 Å². The lowest BCUT2D eigenvalue weighted by Crippen LogP contribution is -2.40. The highest BCUT2D eigenvalue weighted by atomic mass is 16.5. The second kappa shape index (κ2) is 6.68. The van der Waals surface area contributed by atoms with Gasteiger partial charge in [-0.1, -0.05) is 17.7 Å². The Labute approximate surface area is 144 Å². The molecule has 2 aromatic rings. The smallest absolute Gasteiger partial charge is 0.258 e. The molecule has 3 nitrogen and oxygen atoms in total. The maximum Gasteiger partial charge on any atom is 0.258 e. The van der Waals surface area contributed by atoms with Crippen LogP contribution in [-0.4, -0.2) is 19.1 Å². The third-order valence-electron chi connectivity index (χ3n) is 4.90. The molecule has 3 heteroatoms. The minimum Gasteiger partial charge on any atom is -0.497 e. The van der Waals surface area contributed by atoms with Crippen LogP contribution in [0.15, 0.2) is 42.5 Å². The lowest BCUT2D eigenvalue weighted by molar-refractivity contribution is 0.0975. The SMILES string of the molecule is COc1ccc(N(C(=O)c2cc(C)ccc2C)C(C)C2CC2)cc1. The molecule has 1 aliphatic carbocycles. The number of hydrogen-bond acceptors (Lipinski definition) is 2. The number of benzene rings is 2. The Hall–Kier alpha value is -2.29. The standard InChI is InChI=1S/C21H25NO2/c1-14-5-6-15(2)20(13-14)21(23)22(16(3)17-7-8-17)18-9-11-19(24-4)12-10-18/h5-6,9-13,16-17H,7-8H2,1-4H3. The van der Waals surface area contributed by atoms with Gasteiger partial charge in [0.05, 0.1) is 7.11 Å². The number of nitrogens with zero attached hydrogens (tertiary/aromatic N) is 1. The number of aryl methyl sites for hydroxylation is 2. The Balaban J connectivity index is 2.00. The molecule has 0 saturated heterocycles. The van der Waals surface area contributed by atoms with Gasteiger partial charge in [0, 0.05) is 17.3 Å². The van der Waals surface area contributed by atoms with Crippen LogP contribution in [0.3, 0.4) is 0 Å². The summed E-state index contributed by atoms with van der Waals surface area (Å²) >= 11 is 0. The molecule has 1 saturated carbocycles. The first kappa shape index (κ1) is 16.6. The topological polar surface area (TPSA) is 29.5 Å². The van der Waals surface area contributed by atoms with Gasteiger partial charge in [-0.2, -0.15) is 0 Å². The second-order valence-corrected chi connectivity index (χ2v) is 6.77. The molecule has 1 fully saturated rings. The minimum absolute atomic E-state index is 0.0840. The van der Waals surface area contributed by atoms with E-state index in [1.807, 2.05) is 61.2 Å². The van der Waals surface area contributed by atoms with Crippen molar-refractivity contribution in [1.82, 2.24) is 0 Å². The van der Waals surface area contributed by atoms with E-state index in [2.05, 4.69) is 6.92 Å². The van der Waals surface area contributed by atoms with Gasteiger partial charge in [-0.3, -0.25) is 4.79 Å². The molecule has 0 radical (unpaired) electrons. The molecule has 1 aliphatic rings. The van der Waals surface area contributed by atoms with Crippen molar-refractivity contribution in [2.45, 2.75) is 39.7 Å². The van der Waals surface area contributed by atoms with Gasteiger partial charge in [-0.15, -0.1) is 0 Å². The van der Waals surface area contributed by atoms with Crippen molar-refractivity contribution in [1.29, 1.82) is 0 Å². The molecule has 1 atom stereocenters. The van der Waals surface area contributed by atoms with E-state index in [0.29, 0.717) is 5.92 Å². The zero-order valence-corrected chi connectivity index (χ0v) is 14.9. The normalized spacial score (nSPS) is 15.0. The summed E-state index contributed by atoms with van der Waals surface area (Å²) in [6, 6.07) is 14.0. The van der Waals surface area contributed by atoms with E-state index in [9.17, 15) is 4.79 Å². The van der Waals surface area contributed by atoms with Crippen LogP contribution in [0.25, 0.3) is 0 Å². The fraction of sp³-hybridized carbons (Fsp3) is 0.381. The van der Waals surface area contributed by atoms with Crippen LogP contribution in [0.4, 0.5) is 5.69 Å². The molecular formula is C21H25NO2. The van der Waals surface area contributed by atoms with Crippen molar-refractivity contribution >= 4 is 11.6 Å². The van der Waals surface area contributed by atoms with Crippen LogP contribution in [0, 0.1) is 19.8 Å². The van der Waals surface area contributed by atoms with Gasteiger partial charge in [0.1, 0.15) is 5.75 Å². The summed E-state index contributed by atoms with van der Waals surface area (Å²) in [5.41, 5.74) is 3.85. The summed E-state index contributed by atoms with van der Waals surface area (Å²) in [6.07, 6.45) is 2.40. The molecule has 0 N–H and O–H groups in total. The molecule has 1 amide bonds. The van der Waals surface area contributed by atoms with Crippen LogP contribution >= 0.6 is 0 Å². The molecule has 0 bridgehead atoms. The van der Waals surface area contributed by atoms with Crippen molar-refractivity contribution in [3.63, 3.8) is 0 Å². The third-order valence-corrected chi connectivity index (χ3v) is 4.90. The number of methoxy groups -OCH3 is 1. The molecule has 2 aromatic carbocycles. The number of rotatable bonds is 5. The van der Waals surface area contributed by atoms with Gasteiger partial charge in [-0.05, 0) is 75.4 Å². The largest absolute Gasteiger partial charge is 0.497 e. The number of hydrogen-bond donors (Lipinski definition) is 0. The zero-order chi connectivity index (χ0) is 17.3. The van der Waals surface area contributed by atoms with Gasteiger partial charge in [0.25, 0.3) is 5.91 Å². The maximum absolute atomic E-state index is 13.3. The number of carbonyl (C=O) groups excluding carboxylic acids is 1. The molecule has 24 heavy (non-hydrogen) atoms. The van der Waals surface area contributed by atoms with Gasteiger partial charge in [0.15, 0.2) is 0 Å². The van der Waals surface area contributed by atoms with Crippen LogP contribution in [0.1, 0.15) is 41.3 Å². The zero-order valence-electron chi connectivity index (χ0n) is 14.9. The summed E-state index contributed by atoms with van der Waals surface area (Å²) in [5.74, 6) is 1.49. The summed E-state index contributed by atoms with van der Waals surface area (Å²) in [5, 5.41) is 0. The molecular weight excluding hydrogens is 298 g/mol. The van der Waals surface area contributed by atoms with E-state index in [4.69, 9.17) is 4.74 Å². The number of carbonyl (C=O) groups is 1. The highest BCUT2D eigenvalue weighted by Crippen LogP contribution is 2.38. The quantitative estimate of drug-likeness (QED) is 0.794. The average Bonchev–Trinajstić information content (AvgIpc) is 3.42. The van der Waals surface area contributed by atoms with Gasteiger partial charge < -0.3 is 9.64 Å². The third kappa shape index (κ3) is 3.30. The number of anilines is 1. The highest BCUT2D eigenvalue weighted by Gasteiger charge is 2.35. The van der Waals surface area contributed by atoms with Crippen LogP contribution in [0.5, 0.6) is 5.75 Å². The van der Waals surface area contributed by atoms with Gasteiger partial charge >= 0.3 is 0 Å². The van der Waals surface area contributed by atoms with Crippen molar-refractivity contribution < 1.29 is 9.53 Å². The fourth-order valence-electron chi connectivity index (χ4n) is 3.17. The lowest BCUT2D eigenvalue weighted by Gasteiger charge is -2.30. The lowest BCUT2D eigenvalue weighted by atomic mass is 10.0. The second-order valence-electron chi connectivity index (χ2n) is 6.77. The summed E-state index contributed by atoms with van der Waals surface area (Å²) in [6.45, 7) is 6.18. The van der Waals surface area contributed by atoms with E-state index in [0.717, 1.165) is 28.1 Å². The monoisotopic (exact) mass is 323 g/mol. The first-order chi connectivity index (χ1) is 11.5. The highest BCUT2D eigenvalue weighted by molar-refractivity contribution is 6.07. The summed E-state index contributed by atoms with van der Waals surface area (Å²) < 4.78 is 5.25. The minimum atomic E-state index is 0.0840. The fourth-order valence-corrected chi connectivity index (χ4v) is 3.17. The number of amides is 1. The van der Waals surface area contributed by atoms with Crippen LogP contribution in [-0.2, 0) is 0 Å². The van der Waals surface area contributed by atoms with Crippen LogP contribution < -0.4 is 9.64 Å². The van der Waals surface area contributed by atoms with Crippen molar-refractivity contribution in [2.24, 2.45) is 5.92 Å². The molecule has 0 spiro atoms. The molecule has 0 heterocycles. The molecule has 0 aromatic heterocycles. The predicted octanol–water partition coefficient (Wildman–Crippen LogP) is 4.76. The van der Waals surface area contributed by atoms with E-state index in [1.165, 1.54) is 12.8 Å². The number of ether oxygens (including phenoxy) is 1. The Kier molecular flexibility index (Phi) is 4.61. The summed E-state index contributed by atoms with van der Waals surface area (Å²) in [7, 11) is 1.65. The average molecular weight is 323 g/mol. The van der Waals surface area contributed by atoms with E-state index < -0.39 is 0 Å². The molecule has 0 aliphatic heterocycles. The Morgan fingerprint density at radius 2 is 1.79 bits per heavy atom. The van der Waals surface area contributed by atoms with E-state index in [-0.39, 0.29) is 11.9 Å². The van der Waals surface area contributed by atoms with Crippen molar-refractivity contribution in [3.8, 4) is 5.75 Å². The van der Waals surface area contributed by atoms with E-state index in [1.54, 1.807) is 7.11 Å².